The summed E-state index contributed by atoms with van der Waals surface area (Å²) in [5, 5.41) is 6.56. The summed E-state index contributed by atoms with van der Waals surface area (Å²) < 4.78 is 0. The predicted octanol–water partition coefficient (Wildman–Crippen LogP) is 2.06. The number of halogens is 1. The number of carbonyl (C=O) groups excluding carboxylic acids is 2. The van der Waals surface area contributed by atoms with Gasteiger partial charge in [-0.3, -0.25) is 9.59 Å². The van der Waals surface area contributed by atoms with Crippen molar-refractivity contribution >= 4 is 24.2 Å². The molecule has 138 valence electrons. The van der Waals surface area contributed by atoms with Crippen molar-refractivity contribution in [3.63, 3.8) is 0 Å². The van der Waals surface area contributed by atoms with Crippen LogP contribution in [0.5, 0.6) is 0 Å². The van der Waals surface area contributed by atoms with Gasteiger partial charge in [-0.25, -0.2) is 0 Å². The van der Waals surface area contributed by atoms with Crippen molar-refractivity contribution in [3.05, 3.63) is 35.4 Å². The molecule has 2 N–H and O–H groups in total. The molecule has 2 amide bonds. The Labute approximate surface area is 155 Å². The van der Waals surface area contributed by atoms with Crippen LogP contribution in [0.4, 0.5) is 0 Å². The number of hydrogen-bond acceptors (Lipinski definition) is 3. The third-order valence-electron chi connectivity index (χ3n) is 5.04. The summed E-state index contributed by atoms with van der Waals surface area (Å²) in [5.41, 5.74) is 2.62. The third kappa shape index (κ3) is 4.33. The van der Waals surface area contributed by atoms with Gasteiger partial charge in [-0.15, -0.1) is 12.4 Å². The highest BCUT2D eigenvalue weighted by Crippen LogP contribution is 2.23. The van der Waals surface area contributed by atoms with E-state index in [1.54, 1.807) is 4.90 Å². The molecular formula is C19H28ClN3O2. The Hall–Kier alpha value is -1.59. The van der Waals surface area contributed by atoms with Crippen LogP contribution in [0, 0.1) is 5.92 Å². The largest absolute Gasteiger partial charge is 0.352 e. The zero-order valence-electron chi connectivity index (χ0n) is 15.0. The zero-order chi connectivity index (χ0) is 17.1. The lowest BCUT2D eigenvalue weighted by Crippen LogP contribution is -2.52. The molecule has 5 nitrogen and oxygen atoms in total. The van der Waals surface area contributed by atoms with Gasteiger partial charge in [0.1, 0.15) is 6.04 Å². The molecule has 25 heavy (non-hydrogen) atoms. The van der Waals surface area contributed by atoms with E-state index < -0.39 is 0 Å². The van der Waals surface area contributed by atoms with Crippen LogP contribution in [0.3, 0.4) is 0 Å². The van der Waals surface area contributed by atoms with Crippen molar-refractivity contribution < 1.29 is 9.59 Å². The maximum Gasteiger partial charge on any atom is 0.243 e. The molecule has 1 saturated heterocycles. The molecule has 1 aromatic rings. The number of hydrogen-bond donors (Lipinski definition) is 2. The summed E-state index contributed by atoms with van der Waals surface area (Å²) in [6, 6.07) is 8.17. The summed E-state index contributed by atoms with van der Waals surface area (Å²) in [7, 11) is 0. The Morgan fingerprint density at radius 3 is 2.76 bits per heavy atom. The van der Waals surface area contributed by atoms with Crippen molar-refractivity contribution in [2.24, 2.45) is 5.92 Å². The maximum atomic E-state index is 12.7. The fourth-order valence-electron chi connectivity index (χ4n) is 3.85. The number of fused-ring (bicyclic) bond motifs is 1. The van der Waals surface area contributed by atoms with Gasteiger partial charge in [-0.2, -0.15) is 0 Å². The second kappa shape index (κ2) is 8.68. The molecule has 0 spiro atoms. The second-order valence-electron chi connectivity index (χ2n) is 7.08. The highest BCUT2D eigenvalue weighted by atomic mass is 35.5. The fraction of sp³-hybridized carbons (Fsp3) is 0.579. The van der Waals surface area contributed by atoms with Crippen molar-refractivity contribution in [2.75, 3.05) is 19.6 Å². The summed E-state index contributed by atoms with van der Waals surface area (Å²) in [4.78, 5) is 26.5. The lowest BCUT2D eigenvalue weighted by molar-refractivity contribution is -0.139. The third-order valence-corrected chi connectivity index (χ3v) is 5.04. The molecule has 2 aliphatic heterocycles. The van der Waals surface area contributed by atoms with Gasteiger partial charge < -0.3 is 15.5 Å². The highest BCUT2D eigenvalue weighted by Gasteiger charge is 2.35. The molecular weight excluding hydrogens is 338 g/mol. The molecule has 0 radical (unpaired) electrons. The molecule has 0 aliphatic carbocycles. The lowest BCUT2D eigenvalue weighted by atomic mass is 9.94. The van der Waals surface area contributed by atoms with E-state index in [4.69, 9.17) is 0 Å². The molecule has 0 aromatic heterocycles. The SMILES string of the molecule is CC(C)C(C(=O)NCC1NCCc2ccccc21)N1CCCC1=O.Cl. The number of nitrogens with zero attached hydrogens (tertiary/aromatic N) is 1. The Balaban J connectivity index is 0.00000225. The lowest BCUT2D eigenvalue weighted by Gasteiger charge is -2.32. The number of benzene rings is 1. The van der Waals surface area contributed by atoms with Crippen LogP contribution >= 0.6 is 12.4 Å². The summed E-state index contributed by atoms with van der Waals surface area (Å²) in [5.74, 6) is 0.175. The van der Waals surface area contributed by atoms with E-state index >= 15 is 0 Å². The van der Waals surface area contributed by atoms with Crippen LogP contribution in [-0.4, -0.2) is 42.4 Å². The Bertz CT molecular complexity index is 620. The predicted molar refractivity (Wildman–Crippen MR) is 101 cm³/mol. The molecule has 3 rings (SSSR count). The van der Waals surface area contributed by atoms with Gasteiger partial charge in [0.25, 0.3) is 0 Å². The minimum Gasteiger partial charge on any atom is -0.352 e. The number of carbonyl (C=O) groups is 2. The maximum absolute atomic E-state index is 12.7. The first-order valence-corrected chi connectivity index (χ1v) is 8.96. The van der Waals surface area contributed by atoms with E-state index in [0.29, 0.717) is 19.5 Å². The van der Waals surface area contributed by atoms with Crippen molar-refractivity contribution in [2.45, 2.75) is 45.2 Å². The summed E-state index contributed by atoms with van der Waals surface area (Å²) in [6.45, 7) is 6.19. The summed E-state index contributed by atoms with van der Waals surface area (Å²) >= 11 is 0. The minimum atomic E-state index is -0.362. The van der Waals surface area contributed by atoms with Crippen LogP contribution in [-0.2, 0) is 16.0 Å². The number of nitrogens with one attached hydrogen (secondary N) is 2. The molecule has 1 fully saturated rings. The molecule has 0 saturated carbocycles. The Morgan fingerprint density at radius 1 is 1.32 bits per heavy atom. The second-order valence-corrected chi connectivity index (χ2v) is 7.08. The Kier molecular flexibility index (Phi) is 6.85. The molecule has 2 atom stereocenters. The molecule has 1 aromatic carbocycles. The minimum absolute atomic E-state index is 0. The highest BCUT2D eigenvalue weighted by molar-refractivity contribution is 5.88. The topological polar surface area (TPSA) is 61.4 Å². The monoisotopic (exact) mass is 365 g/mol. The van der Waals surface area contributed by atoms with Gasteiger partial charge in [-0.05, 0) is 36.4 Å². The standard InChI is InChI=1S/C19H27N3O2.ClH/c1-13(2)18(22-11-5-8-17(22)23)19(24)21-12-16-15-7-4-3-6-14(15)9-10-20-16;/h3-4,6-7,13,16,18,20H,5,8-12H2,1-2H3,(H,21,24);1H. The number of amides is 2. The van der Waals surface area contributed by atoms with Crippen molar-refractivity contribution in [1.29, 1.82) is 0 Å². The van der Waals surface area contributed by atoms with Crippen LogP contribution in [0.15, 0.2) is 24.3 Å². The van der Waals surface area contributed by atoms with Gasteiger partial charge in [0.15, 0.2) is 0 Å². The molecule has 0 bridgehead atoms. The molecule has 2 aliphatic rings. The Morgan fingerprint density at radius 2 is 2.08 bits per heavy atom. The first-order chi connectivity index (χ1) is 11.6. The van der Waals surface area contributed by atoms with E-state index in [0.717, 1.165) is 19.4 Å². The molecule has 2 unspecified atom stereocenters. The smallest absolute Gasteiger partial charge is 0.243 e. The van der Waals surface area contributed by atoms with Crippen molar-refractivity contribution in [3.8, 4) is 0 Å². The van der Waals surface area contributed by atoms with E-state index in [9.17, 15) is 9.59 Å². The fourth-order valence-corrected chi connectivity index (χ4v) is 3.85. The average Bonchev–Trinajstić information content (AvgIpc) is 2.98. The molecule has 6 heteroatoms. The zero-order valence-corrected chi connectivity index (χ0v) is 15.8. The van der Waals surface area contributed by atoms with Crippen LogP contribution < -0.4 is 10.6 Å². The van der Waals surface area contributed by atoms with Crippen LogP contribution in [0.25, 0.3) is 0 Å². The first-order valence-electron chi connectivity index (χ1n) is 8.96. The van der Waals surface area contributed by atoms with E-state index in [1.807, 2.05) is 19.9 Å². The van der Waals surface area contributed by atoms with E-state index in [2.05, 4.69) is 28.8 Å². The average molecular weight is 366 g/mol. The van der Waals surface area contributed by atoms with Crippen LogP contribution in [0.2, 0.25) is 0 Å². The van der Waals surface area contributed by atoms with Gasteiger partial charge in [-0.1, -0.05) is 38.1 Å². The normalized spacial score (nSPS) is 20.8. The van der Waals surface area contributed by atoms with Crippen LogP contribution in [0.1, 0.15) is 43.9 Å². The first kappa shape index (κ1) is 19.7. The quantitative estimate of drug-likeness (QED) is 0.839. The number of likely N-dealkylation sites (tertiary alicyclic amines) is 1. The number of rotatable bonds is 5. The molecule has 2 heterocycles. The van der Waals surface area contributed by atoms with Crippen molar-refractivity contribution in [1.82, 2.24) is 15.5 Å². The summed E-state index contributed by atoms with van der Waals surface area (Å²) in [6.07, 6.45) is 2.44. The van der Waals surface area contributed by atoms with Gasteiger partial charge in [0.2, 0.25) is 11.8 Å². The van der Waals surface area contributed by atoms with E-state index in [1.165, 1.54) is 11.1 Å². The van der Waals surface area contributed by atoms with Gasteiger partial charge in [0, 0.05) is 25.6 Å². The van der Waals surface area contributed by atoms with Gasteiger partial charge in [0.05, 0.1) is 0 Å². The van der Waals surface area contributed by atoms with Gasteiger partial charge >= 0.3 is 0 Å². The van der Waals surface area contributed by atoms with E-state index in [-0.39, 0.29) is 42.2 Å².